The van der Waals surface area contributed by atoms with E-state index in [-0.39, 0.29) is 5.75 Å². The molecule has 0 radical (unpaired) electrons. The molecular weight excluding hydrogens is 380 g/mol. The standard InChI is InChI=1S/C15H15NO3S2.C5H5N/c1-11-16(9-4-10-21(17,18)19)15-13-6-3-2-5-12(13)7-8-14(15)20-11;1-2-4-6-5-3-1/h2-3,5-8H,1,4,9-10H2,(H,17,18,19);1-5H/p-1. The highest BCUT2D eigenvalue weighted by atomic mass is 32.2. The molecule has 0 aliphatic carbocycles. The lowest BCUT2D eigenvalue weighted by molar-refractivity contribution is 0.461. The largest absolute Gasteiger partial charge is 0.748 e. The molecule has 0 N–H and O–H groups in total. The van der Waals surface area contributed by atoms with Crippen molar-refractivity contribution in [3.05, 3.63) is 78.6 Å². The molecule has 1 aliphatic rings. The Labute approximate surface area is 163 Å². The molecule has 140 valence electrons. The smallest absolute Gasteiger partial charge is 0.0946 e. The molecule has 1 aliphatic heterocycles. The number of rotatable bonds is 4. The second-order valence-corrected chi connectivity index (χ2v) is 8.56. The maximum absolute atomic E-state index is 10.7. The molecule has 0 saturated heterocycles. The predicted molar refractivity (Wildman–Crippen MR) is 110 cm³/mol. The van der Waals surface area contributed by atoms with E-state index >= 15 is 0 Å². The average molecular weight is 400 g/mol. The Kier molecular flexibility index (Phi) is 6.15. The van der Waals surface area contributed by atoms with Crippen LogP contribution in [0.2, 0.25) is 0 Å². The zero-order valence-electron chi connectivity index (χ0n) is 14.6. The molecule has 0 spiro atoms. The van der Waals surface area contributed by atoms with Crippen molar-refractivity contribution in [1.82, 2.24) is 4.98 Å². The van der Waals surface area contributed by atoms with Crippen molar-refractivity contribution in [3.8, 4) is 0 Å². The summed E-state index contributed by atoms with van der Waals surface area (Å²) in [6, 6.07) is 17.9. The summed E-state index contributed by atoms with van der Waals surface area (Å²) in [4.78, 5) is 6.91. The van der Waals surface area contributed by atoms with Crippen molar-refractivity contribution in [3.63, 3.8) is 0 Å². The topological polar surface area (TPSA) is 73.3 Å². The van der Waals surface area contributed by atoms with Gasteiger partial charge in [0.1, 0.15) is 0 Å². The van der Waals surface area contributed by atoms with Gasteiger partial charge in [-0.1, -0.05) is 54.7 Å². The summed E-state index contributed by atoms with van der Waals surface area (Å²) >= 11 is 1.58. The SMILES string of the molecule is C=C1Sc2ccc3ccccc3c2N1CCCS(=O)(=O)[O-].c1ccncc1. The molecule has 3 aromatic rings. The molecule has 27 heavy (non-hydrogen) atoms. The number of anilines is 1. The highest BCUT2D eigenvalue weighted by Gasteiger charge is 2.25. The van der Waals surface area contributed by atoms with Crippen LogP contribution in [0.1, 0.15) is 6.42 Å². The molecule has 0 unspecified atom stereocenters. The van der Waals surface area contributed by atoms with Crippen LogP contribution in [0.4, 0.5) is 5.69 Å². The van der Waals surface area contributed by atoms with Crippen LogP contribution in [0.15, 0.2) is 83.5 Å². The van der Waals surface area contributed by atoms with Crippen LogP contribution in [0, 0.1) is 0 Å². The minimum Gasteiger partial charge on any atom is -0.748 e. The predicted octanol–water partition coefficient (Wildman–Crippen LogP) is 4.24. The maximum Gasteiger partial charge on any atom is 0.0946 e. The van der Waals surface area contributed by atoms with Crippen LogP contribution in [0.3, 0.4) is 0 Å². The van der Waals surface area contributed by atoms with Crippen molar-refractivity contribution < 1.29 is 13.0 Å². The third-order valence-electron chi connectivity index (χ3n) is 4.00. The minimum absolute atomic E-state index is 0.300. The Balaban J connectivity index is 0.000000299. The number of hydrogen-bond donors (Lipinski definition) is 0. The van der Waals surface area contributed by atoms with Gasteiger partial charge in [-0.15, -0.1) is 0 Å². The van der Waals surface area contributed by atoms with E-state index in [4.69, 9.17) is 0 Å². The maximum atomic E-state index is 10.7. The first kappa shape index (κ1) is 19.4. The van der Waals surface area contributed by atoms with Crippen LogP contribution in [-0.4, -0.2) is 30.3 Å². The quantitative estimate of drug-likeness (QED) is 0.611. The molecule has 0 amide bonds. The third kappa shape index (κ3) is 5.09. The van der Waals surface area contributed by atoms with Crippen LogP contribution in [0.25, 0.3) is 10.8 Å². The van der Waals surface area contributed by atoms with Gasteiger partial charge in [0.25, 0.3) is 0 Å². The van der Waals surface area contributed by atoms with Crippen molar-refractivity contribution in [2.75, 3.05) is 17.2 Å². The van der Waals surface area contributed by atoms with E-state index in [1.165, 1.54) is 0 Å². The van der Waals surface area contributed by atoms with Gasteiger partial charge in [-0.25, -0.2) is 8.42 Å². The molecule has 7 heteroatoms. The van der Waals surface area contributed by atoms with Gasteiger partial charge in [-0.05, 0) is 30.0 Å². The van der Waals surface area contributed by atoms with Crippen molar-refractivity contribution >= 4 is 38.3 Å². The monoisotopic (exact) mass is 399 g/mol. The molecule has 2 aromatic carbocycles. The van der Waals surface area contributed by atoms with Gasteiger partial charge in [-0.3, -0.25) is 4.98 Å². The Bertz CT molecular complexity index is 1010. The van der Waals surface area contributed by atoms with E-state index < -0.39 is 10.1 Å². The Morgan fingerprint density at radius 3 is 2.41 bits per heavy atom. The number of hydrogen-bond acceptors (Lipinski definition) is 6. The highest BCUT2D eigenvalue weighted by Crippen LogP contribution is 2.48. The van der Waals surface area contributed by atoms with E-state index in [2.05, 4.69) is 23.7 Å². The summed E-state index contributed by atoms with van der Waals surface area (Å²) in [5.41, 5.74) is 1.06. The van der Waals surface area contributed by atoms with Crippen LogP contribution < -0.4 is 4.90 Å². The van der Waals surface area contributed by atoms with Crippen LogP contribution in [0.5, 0.6) is 0 Å². The summed E-state index contributed by atoms with van der Waals surface area (Å²) in [6.07, 6.45) is 3.80. The van der Waals surface area contributed by atoms with Crippen molar-refractivity contribution in [2.45, 2.75) is 11.3 Å². The van der Waals surface area contributed by atoms with Crippen LogP contribution >= 0.6 is 11.8 Å². The normalized spacial score (nSPS) is 13.2. The third-order valence-corrected chi connectivity index (χ3v) is 5.80. The van der Waals surface area contributed by atoms with E-state index in [1.54, 1.807) is 24.2 Å². The lowest BCUT2D eigenvalue weighted by Crippen LogP contribution is -2.21. The summed E-state index contributed by atoms with van der Waals surface area (Å²) in [7, 11) is -4.17. The van der Waals surface area contributed by atoms with Gasteiger partial charge in [0.05, 0.1) is 20.8 Å². The fourth-order valence-corrected chi connectivity index (χ4v) is 4.33. The first-order valence-electron chi connectivity index (χ1n) is 8.40. The summed E-state index contributed by atoms with van der Waals surface area (Å²) < 4.78 is 32.2. The molecule has 0 fully saturated rings. The first-order chi connectivity index (χ1) is 13.0. The number of benzene rings is 2. The Morgan fingerprint density at radius 1 is 1.04 bits per heavy atom. The Morgan fingerprint density at radius 2 is 1.78 bits per heavy atom. The molecule has 0 bridgehead atoms. The number of fused-ring (bicyclic) bond motifs is 3. The van der Waals surface area contributed by atoms with E-state index in [0.717, 1.165) is 26.4 Å². The molecule has 5 nitrogen and oxygen atoms in total. The summed E-state index contributed by atoms with van der Waals surface area (Å²) in [5, 5.41) is 3.11. The van der Waals surface area contributed by atoms with Gasteiger partial charge in [-0.2, -0.15) is 0 Å². The van der Waals surface area contributed by atoms with Crippen molar-refractivity contribution in [2.24, 2.45) is 0 Å². The average Bonchev–Trinajstić information content (AvgIpc) is 2.99. The Hall–Kier alpha value is -2.35. The van der Waals surface area contributed by atoms with E-state index in [1.807, 2.05) is 47.4 Å². The second kappa shape index (κ2) is 8.56. The zero-order chi connectivity index (χ0) is 19.3. The number of pyridine rings is 1. The zero-order valence-corrected chi connectivity index (χ0v) is 16.2. The lowest BCUT2D eigenvalue weighted by atomic mass is 10.1. The van der Waals surface area contributed by atoms with Gasteiger partial charge in [0, 0.05) is 35.0 Å². The second-order valence-electron chi connectivity index (χ2n) is 5.92. The molecule has 4 rings (SSSR count). The van der Waals surface area contributed by atoms with E-state index in [0.29, 0.717) is 13.0 Å². The summed E-state index contributed by atoms with van der Waals surface area (Å²) in [6.45, 7) is 4.51. The fourth-order valence-electron chi connectivity index (χ4n) is 2.85. The lowest BCUT2D eigenvalue weighted by Gasteiger charge is -2.21. The van der Waals surface area contributed by atoms with Gasteiger partial charge < -0.3 is 9.45 Å². The molecule has 2 heterocycles. The van der Waals surface area contributed by atoms with Gasteiger partial charge >= 0.3 is 0 Å². The highest BCUT2D eigenvalue weighted by molar-refractivity contribution is 8.03. The number of nitrogens with zero attached hydrogens (tertiary/aromatic N) is 2. The van der Waals surface area contributed by atoms with Gasteiger partial charge in [0.2, 0.25) is 0 Å². The minimum atomic E-state index is -4.17. The summed E-state index contributed by atoms with van der Waals surface area (Å²) in [5.74, 6) is -0.346. The fraction of sp³-hybridized carbons (Fsp3) is 0.150. The van der Waals surface area contributed by atoms with Gasteiger partial charge in [0.15, 0.2) is 0 Å². The molecule has 0 saturated carbocycles. The van der Waals surface area contributed by atoms with E-state index in [9.17, 15) is 13.0 Å². The first-order valence-corrected chi connectivity index (χ1v) is 10.8. The molecular formula is C20H19N2O3S2-. The molecule has 1 aromatic heterocycles. The molecule has 0 atom stereocenters. The van der Waals surface area contributed by atoms with Crippen molar-refractivity contribution in [1.29, 1.82) is 0 Å². The number of aromatic nitrogens is 1. The van der Waals surface area contributed by atoms with Crippen LogP contribution in [-0.2, 0) is 10.1 Å². The number of thioether (sulfide) groups is 1.